The summed E-state index contributed by atoms with van der Waals surface area (Å²) in [5.74, 6) is -1.14. The molecule has 0 aliphatic carbocycles. The highest BCUT2D eigenvalue weighted by atomic mass is 35.6. The summed E-state index contributed by atoms with van der Waals surface area (Å²) in [7, 11) is 0. The quantitative estimate of drug-likeness (QED) is 0.319. The van der Waals surface area contributed by atoms with Gasteiger partial charge in [-0.05, 0) is 19.1 Å². The molecule has 0 saturated carbocycles. The van der Waals surface area contributed by atoms with Crippen molar-refractivity contribution < 1.29 is 9.63 Å². The fourth-order valence-corrected chi connectivity index (χ4v) is 2.82. The standard InChI is InChI=1S/C15H7Cl6N5O2/c1-6-10(13(27)26(24-6)8-5-3-2-4-7(8)16)25-28-12-9(17)11(18)22-14(23-12)15(19,20)21/h2-5H,1H3. The monoisotopic (exact) mass is 499 g/mol. The Balaban J connectivity index is 1.92. The van der Waals surface area contributed by atoms with Crippen LogP contribution in [-0.2, 0) is 8.59 Å². The van der Waals surface area contributed by atoms with E-state index in [9.17, 15) is 4.79 Å². The normalized spacial score (nSPS) is 16.0. The van der Waals surface area contributed by atoms with Gasteiger partial charge in [0.25, 0.3) is 5.88 Å². The van der Waals surface area contributed by atoms with Gasteiger partial charge in [0.2, 0.25) is 3.79 Å². The van der Waals surface area contributed by atoms with Crippen molar-refractivity contribution in [3.8, 4) is 5.88 Å². The molecule has 0 spiro atoms. The Kier molecular flexibility index (Phi) is 6.24. The van der Waals surface area contributed by atoms with Gasteiger partial charge in [0.15, 0.2) is 16.7 Å². The van der Waals surface area contributed by atoms with Gasteiger partial charge in [-0.1, -0.05) is 86.9 Å². The van der Waals surface area contributed by atoms with Crippen molar-refractivity contribution in [2.45, 2.75) is 10.7 Å². The van der Waals surface area contributed by atoms with Crippen LogP contribution < -0.4 is 9.85 Å². The Morgan fingerprint density at radius 3 is 2.43 bits per heavy atom. The Morgan fingerprint density at radius 1 is 1.11 bits per heavy atom. The number of para-hydroxylation sites is 1. The summed E-state index contributed by atoms with van der Waals surface area (Å²) in [6, 6.07) is 6.70. The number of carbonyl (C=O) groups excluding carboxylic acids is 1. The van der Waals surface area contributed by atoms with E-state index in [2.05, 4.69) is 20.2 Å². The third-order valence-corrected chi connectivity index (χ3v) is 4.86. The molecule has 2 heterocycles. The molecule has 1 amide bonds. The second-order valence-corrected chi connectivity index (χ2v) is 8.66. The van der Waals surface area contributed by atoms with Crippen molar-refractivity contribution in [3.63, 3.8) is 0 Å². The fourth-order valence-electron chi connectivity index (χ4n) is 2.07. The van der Waals surface area contributed by atoms with Gasteiger partial charge >= 0.3 is 5.91 Å². The molecule has 0 atom stereocenters. The summed E-state index contributed by atoms with van der Waals surface area (Å²) in [5.41, 5.74) is 0.573. The molecule has 0 saturated heterocycles. The largest absolute Gasteiger partial charge is 0.334 e. The van der Waals surface area contributed by atoms with Gasteiger partial charge in [0.1, 0.15) is 5.02 Å². The molecule has 1 aliphatic rings. The zero-order chi connectivity index (χ0) is 20.6. The number of amides is 1. The molecular formula is C15H7Cl6N5O2. The second kappa shape index (κ2) is 8.18. The molecule has 1 aromatic heterocycles. The molecule has 28 heavy (non-hydrogen) atoms. The van der Waals surface area contributed by atoms with Crippen molar-refractivity contribution in [3.05, 3.63) is 45.3 Å². The summed E-state index contributed by atoms with van der Waals surface area (Å²) in [4.78, 5) is 25.5. The SMILES string of the molecule is CC1=NN(c2ccccc2Cl)C(=O)C1=NOc1nc(C(Cl)(Cl)Cl)nc(Cl)c1Cl. The van der Waals surface area contributed by atoms with Crippen LogP contribution in [0.2, 0.25) is 15.2 Å². The van der Waals surface area contributed by atoms with Crippen molar-refractivity contribution in [2.24, 2.45) is 10.3 Å². The first kappa shape index (κ1) is 21.4. The smallest absolute Gasteiger partial charge is 0.302 e. The van der Waals surface area contributed by atoms with E-state index in [0.29, 0.717) is 10.7 Å². The number of oxime groups is 1. The molecule has 7 nitrogen and oxygen atoms in total. The lowest BCUT2D eigenvalue weighted by Crippen LogP contribution is -2.28. The zero-order valence-corrected chi connectivity index (χ0v) is 18.2. The lowest BCUT2D eigenvalue weighted by atomic mass is 10.2. The number of anilines is 1. The molecular weight excluding hydrogens is 495 g/mol. The molecule has 3 rings (SSSR count). The van der Waals surface area contributed by atoms with Gasteiger partial charge in [0, 0.05) is 0 Å². The number of carbonyl (C=O) groups is 1. The zero-order valence-electron chi connectivity index (χ0n) is 13.6. The van der Waals surface area contributed by atoms with E-state index in [1.165, 1.54) is 0 Å². The van der Waals surface area contributed by atoms with E-state index < -0.39 is 9.70 Å². The molecule has 0 radical (unpaired) electrons. The van der Waals surface area contributed by atoms with Gasteiger partial charge in [-0.2, -0.15) is 15.1 Å². The predicted molar refractivity (Wildman–Crippen MR) is 111 cm³/mol. The minimum absolute atomic E-state index is 0.0962. The maximum Gasteiger partial charge on any atom is 0.302 e. The number of benzene rings is 1. The minimum Gasteiger partial charge on any atom is -0.334 e. The number of nitrogens with zero attached hydrogens (tertiary/aromatic N) is 5. The average molecular weight is 502 g/mol. The van der Waals surface area contributed by atoms with E-state index in [1.807, 2.05) is 0 Å². The number of hydrogen-bond acceptors (Lipinski definition) is 6. The van der Waals surface area contributed by atoms with Gasteiger partial charge in [-0.15, -0.1) is 0 Å². The van der Waals surface area contributed by atoms with Crippen LogP contribution in [0.3, 0.4) is 0 Å². The van der Waals surface area contributed by atoms with E-state index in [4.69, 9.17) is 74.4 Å². The van der Waals surface area contributed by atoms with E-state index in [0.717, 1.165) is 5.01 Å². The maximum atomic E-state index is 12.7. The van der Waals surface area contributed by atoms with E-state index in [-0.39, 0.29) is 33.3 Å². The van der Waals surface area contributed by atoms with Crippen LogP contribution in [-0.4, -0.2) is 27.3 Å². The Labute approximate surface area is 188 Å². The summed E-state index contributed by atoms with van der Waals surface area (Å²) >= 11 is 35.3. The highest BCUT2D eigenvalue weighted by Gasteiger charge is 2.33. The first-order valence-corrected chi connectivity index (χ1v) is 9.56. The molecule has 13 heteroatoms. The van der Waals surface area contributed by atoms with Crippen molar-refractivity contribution in [1.82, 2.24) is 9.97 Å². The number of hydrazone groups is 1. The number of aromatic nitrogens is 2. The Bertz CT molecular complexity index is 1020. The number of hydrogen-bond donors (Lipinski definition) is 0. The summed E-state index contributed by atoms with van der Waals surface area (Å²) < 4.78 is -1.97. The third kappa shape index (κ3) is 4.30. The minimum atomic E-state index is -1.97. The summed E-state index contributed by atoms with van der Waals surface area (Å²) in [6.45, 7) is 1.57. The molecule has 2 aromatic rings. The fraction of sp³-hybridized carbons (Fsp3) is 0.133. The van der Waals surface area contributed by atoms with Crippen LogP contribution in [0.4, 0.5) is 5.69 Å². The molecule has 0 unspecified atom stereocenters. The summed E-state index contributed by atoms with van der Waals surface area (Å²) in [5, 5.41) is 8.97. The van der Waals surface area contributed by atoms with Crippen LogP contribution in [0, 0.1) is 0 Å². The van der Waals surface area contributed by atoms with Crippen LogP contribution in [0.1, 0.15) is 12.7 Å². The highest BCUT2D eigenvalue weighted by Crippen LogP contribution is 2.39. The molecule has 0 N–H and O–H groups in total. The number of halogens is 6. The van der Waals surface area contributed by atoms with Crippen molar-refractivity contribution in [1.29, 1.82) is 0 Å². The first-order valence-electron chi connectivity index (χ1n) is 7.29. The predicted octanol–water partition coefficient (Wildman–Crippen LogP) is 5.42. The van der Waals surface area contributed by atoms with E-state index in [1.54, 1.807) is 31.2 Å². The van der Waals surface area contributed by atoms with Gasteiger partial charge in [-0.3, -0.25) is 4.79 Å². The van der Waals surface area contributed by atoms with Crippen molar-refractivity contribution in [2.75, 3.05) is 5.01 Å². The highest BCUT2D eigenvalue weighted by molar-refractivity contribution is 6.71. The topological polar surface area (TPSA) is 80.0 Å². The number of alkyl halides is 3. The number of rotatable bonds is 3. The maximum absolute atomic E-state index is 12.7. The lowest BCUT2D eigenvalue weighted by molar-refractivity contribution is -0.112. The molecule has 1 aliphatic heterocycles. The van der Waals surface area contributed by atoms with Gasteiger partial charge in [0.05, 0.1) is 16.4 Å². The Hall–Kier alpha value is -1.35. The van der Waals surface area contributed by atoms with Crippen LogP contribution in [0.25, 0.3) is 0 Å². The van der Waals surface area contributed by atoms with Crippen LogP contribution >= 0.6 is 69.6 Å². The summed E-state index contributed by atoms with van der Waals surface area (Å²) in [6.07, 6.45) is 0. The third-order valence-electron chi connectivity index (χ3n) is 3.33. The molecule has 0 bridgehead atoms. The molecule has 1 aromatic carbocycles. The van der Waals surface area contributed by atoms with Gasteiger partial charge in [-0.25, -0.2) is 4.98 Å². The van der Waals surface area contributed by atoms with Crippen LogP contribution in [0.15, 0.2) is 34.5 Å². The molecule has 0 fully saturated rings. The Morgan fingerprint density at radius 2 is 1.79 bits per heavy atom. The molecule has 146 valence electrons. The van der Waals surface area contributed by atoms with Gasteiger partial charge < -0.3 is 4.84 Å². The van der Waals surface area contributed by atoms with Crippen molar-refractivity contribution >= 4 is 92.6 Å². The average Bonchev–Trinajstić information content (AvgIpc) is 2.90. The first-order chi connectivity index (χ1) is 13.1. The lowest BCUT2D eigenvalue weighted by Gasteiger charge is -2.13. The van der Waals surface area contributed by atoms with Crippen LogP contribution in [0.5, 0.6) is 5.88 Å². The van der Waals surface area contributed by atoms with E-state index >= 15 is 0 Å². The second-order valence-electron chi connectivity index (χ2n) is 5.24.